The van der Waals surface area contributed by atoms with Crippen LogP contribution in [0.3, 0.4) is 0 Å². The molecule has 0 unspecified atom stereocenters. The summed E-state index contributed by atoms with van der Waals surface area (Å²) in [5.74, 6) is 0.987. The fraction of sp³-hybridized carbons (Fsp3) is 0.353. The van der Waals surface area contributed by atoms with E-state index in [-0.39, 0.29) is 0 Å². The number of hydrogen-bond donors (Lipinski definition) is 0. The van der Waals surface area contributed by atoms with Crippen molar-refractivity contribution in [1.29, 1.82) is 0 Å². The Morgan fingerprint density at radius 3 is 2.60 bits per heavy atom. The third-order valence-corrected chi connectivity index (χ3v) is 4.93. The molecule has 1 aliphatic rings. The molecule has 0 N–H and O–H groups in total. The maximum absolute atomic E-state index is 4.51. The molecule has 3 heteroatoms. The summed E-state index contributed by atoms with van der Waals surface area (Å²) >= 11 is 3.50. The van der Waals surface area contributed by atoms with Crippen LogP contribution in [0.25, 0.3) is 0 Å². The molecule has 1 heterocycles. The summed E-state index contributed by atoms with van der Waals surface area (Å²) in [7, 11) is 2.08. The first-order valence-corrected chi connectivity index (χ1v) is 7.92. The van der Waals surface area contributed by atoms with Crippen LogP contribution >= 0.6 is 15.9 Å². The topological polar surface area (TPSA) is 16.1 Å². The van der Waals surface area contributed by atoms with Gasteiger partial charge in [0.1, 0.15) is 5.82 Å². The Morgan fingerprint density at radius 1 is 1.10 bits per heavy atom. The average Bonchev–Trinajstić information content (AvgIpc) is 2.49. The average molecular weight is 331 g/mol. The molecular formula is C17H19BrN2. The third-order valence-electron chi connectivity index (χ3n) is 4.10. The predicted molar refractivity (Wildman–Crippen MR) is 87.8 cm³/mol. The van der Waals surface area contributed by atoms with E-state index in [9.17, 15) is 0 Å². The van der Waals surface area contributed by atoms with Crippen molar-refractivity contribution in [2.45, 2.75) is 32.6 Å². The van der Waals surface area contributed by atoms with Crippen molar-refractivity contribution in [1.82, 2.24) is 4.98 Å². The lowest BCUT2D eigenvalue weighted by atomic mass is 9.91. The number of aryl methyl sites for hydroxylation is 3. The Kier molecular flexibility index (Phi) is 3.79. The standard InChI is InChI=1S/C17H19BrN2/c1-12-9-17(19-11-16(12)18)20(2)15-8-7-13-5-3-4-6-14(13)10-15/h7-11H,3-6H2,1-2H3. The number of halogens is 1. The molecule has 3 rings (SSSR count). The Bertz CT molecular complexity index is 637. The van der Waals surface area contributed by atoms with Crippen molar-refractivity contribution in [3.63, 3.8) is 0 Å². The second-order valence-electron chi connectivity index (χ2n) is 5.51. The van der Waals surface area contributed by atoms with Crippen LogP contribution in [-0.2, 0) is 12.8 Å². The van der Waals surface area contributed by atoms with Crippen LogP contribution < -0.4 is 4.90 Å². The number of aromatic nitrogens is 1. The van der Waals surface area contributed by atoms with Gasteiger partial charge >= 0.3 is 0 Å². The Labute approximate surface area is 129 Å². The zero-order chi connectivity index (χ0) is 14.1. The molecule has 0 fully saturated rings. The van der Waals surface area contributed by atoms with E-state index in [4.69, 9.17) is 0 Å². The first-order chi connectivity index (χ1) is 9.65. The molecule has 0 saturated heterocycles. The van der Waals surface area contributed by atoms with E-state index in [1.54, 1.807) is 0 Å². The van der Waals surface area contributed by atoms with Crippen LogP contribution in [0.2, 0.25) is 0 Å². The van der Waals surface area contributed by atoms with Gasteiger partial charge in [0.25, 0.3) is 0 Å². The first-order valence-electron chi connectivity index (χ1n) is 7.13. The third kappa shape index (κ3) is 2.59. The normalized spacial score (nSPS) is 13.9. The molecule has 2 nitrogen and oxygen atoms in total. The first kappa shape index (κ1) is 13.6. The van der Waals surface area contributed by atoms with Gasteiger partial charge in [-0.1, -0.05) is 6.07 Å². The summed E-state index contributed by atoms with van der Waals surface area (Å²) in [5.41, 5.74) is 5.46. The lowest BCUT2D eigenvalue weighted by Gasteiger charge is -2.22. The number of hydrogen-bond acceptors (Lipinski definition) is 2. The molecule has 1 aromatic heterocycles. The van der Waals surface area contributed by atoms with Crippen LogP contribution in [0.5, 0.6) is 0 Å². The van der Waals surface area contributed by atoms with Gasteiger partial charge in [0, 0.05) is 23.4 Å². The van der Waals surface area contributed by atoms with Gasteiger partial charge in [-0.15, -0.1) is 0 Å². The highest BCUT2D eigenvalue weighted by Gasteiger charge is 2.12. The number of fused-ring (bicyclic) bond motifs is 1. The Balaban J connectivity index is 1.93. The molecule has 1 aliphatic carbocycles. The van der Waals surface area contributed by atoms with Crippen LogP contribution in [0.1, 0.15) is 29.5 Å². The quantitative estimate of drug-likeness (QED) is 0.786. The van der Waals surface area contributed by atoms with Crippen LogP contribution in [-0.4, -0.2) is 12.0 Å². The van der Waals surface area contributed by atoms with Crippen molar-refractivity contribution in [2.24, 2.45) is 0 Å². The van der Waals surface area contributed by atoms with Gasteiger partial charge in [0.15, 0.2) is 0 Å². The molecule has 1 aromatic carbocycles. The highest BCUT2D eigenvalue weighted by Crippen LogP contribution is 2.29. The minimum absolute atomic E-state index is 0.987. The minimum Gasteiger partial charge on any atom is -0.329 e. The number of anilines is 2. The molecule has 20 heavy (non-hydrogen) atoms. The van der Waals surface area contributed by atoms with E-state index in [1.165, 1.54) is 48.1 Å². The number of nitrogens with zero attached hydrogens (tertiary/aromatic N) is 2. The molecule has 104 valence electrons. The molecule has 0 spiro atoms. The van der Waals surface area contributed by atoms with E-state index < -0.39 is 0 Å². The highest BCUT2D eigenvalue weighted by atomic mass is 79.9. The van der Waals surface area contributed by atoms with Crippen molar-refractivity contribution in [2.75, 3.05) is 11.9 Å². The summed E-state index contributed by atoms with van der Waals surface area (Å²) in [6.07, 6.45) is 6.96. The fourth-order valence-electron chi connectivity index (χ4n) is 2.77. The summed E-state index contributed by atoms with van der Waals surface area (Å²) in [5, 5.41) is 0. The largest absolute Gasteiger partial charge is 0.329 e. The maximum atomic E-state index is 4.51. The van der Waals surface area contributed by atoms with Gasteiger partial charge in [-0.3, -0.25) is 0 Å². The van der Waals surface area contributed by atoms with Crippen LogP contribution in [0.4, 0.5) is 11.5 Å². The van der Waals surface area contributed by atoms with Crippen LogP contribution in [0.15, 0.2) is 34.9 Å². The molecule has 0 amide bonds. The Morgan fingerprint density at radius 2 is 1.85 bits per heavy atom. The van der Waals surface area contributed by atoms with Crippen molar-refractivity contribution >= 4 is 27.4 Å². The summed E-state index contributed by atoms with van der Waals surface area (Å²) in [6, 6.07) is 8.94. The van der Waals surface area contributed by atoms with Gasteiger partial charge < -0.3 is 4.90 Å². The predicted octanol–water partition coefficient (Wildman–Crippen LogP) is 4.80. The van der Waals surface area contributed by atoms with E-state index in [2.05, 4.69) is 64.1 Å². The minimum atomic E-state index is 0.987. The highest BCUT2D eigenvalue weighted by molar-refractivity contribution is 9.10. The lowest BCUT2D eigenvalue weighted by Crippen LogP contribution is -2.13. The van der Waals surface area contributed by atoms with Gasteiger partial charge in [0.2, 0.25) is 0 Å². The summed E-state index contributed by atoms with van der Waals surface area (Å²) in [6.45, 7) is 2.09. The maximum Gasteiger partial charge on any atom is 0.132 e. The van der Waals surface area contributed by atoms with Crippen LogP contribution in [0, 0.1) is 6.92 Å². The molecule has 0 radical (unpaired) electrons. The molecular weight excluding hydrogens is 312 g/mol. The SMILES string of the molecule is Cc1cc(N(C)c2ccc3c(c2)CCCC3)ncc1Br. The summed E-state index contributed by atoms with van der Waals surface area (Å²) < 4.78 is 1.06. The van der Waals surface area contributed by atoms with Gasteiger partial charge in [0.05, 0.1) is 0 Å². The fourth-order valence-corrected chi connectivity index (χ4v) is 2.99. The van der Waals surface area contributed by atoms with Crippen molar-refractivity contribution < 1.29 is 0 Å². The van der Waals surface area contributed by atoms with E-state index in [1.807, 2.05) is 6.20 Å². The Hall–Kier alpha value is -1.35. The van der Waals surface area contributed by atoms with Crippen molar-refractivity contribution in [3.05, 3.63) is 51.6 Å². The molecule has 2 aromatic rings. The zero-order valence-electron chi connectivity index (χ0n) is 12.0. The van der Waals surface area contributed by atoms with E-state index in [0.717, 1.165) is 10.3 Å². The van der Waals surface area contributed by atoms with E-state index >= 15 is 0 Å². The zero-order valence-corrected chi connectivity index (χ0v) is 13.6. The lowest BCUT2D eigenvalue weighted by molar-refractivity contribution is 0.685. The van der Waals surface area contributed by atoms with Gasteiger partial charge in [-0.25, -0.2) is 4.98 Å². The molecule has 0 bridgehead atoms. The van der Waals surface area contributed by atoms with Crippen molar-refractivity contribution in [3.8, 4) is 0 Å². The second kappa shape index (κ2) is 5.57. The summed E-state index contributed by atoms with van der Waals surface area (Å²) in [4.78, 5) is 6.67. The molecule has 0 atom stereocenters. The number of pyridine rings is 1. The second-order valence-corrected chi connectivity index (χ2v) is 6.37. The smallest absolute Gasteiger partial charge is 0.132 e. The van der Waals surface area contributed by atoms with Gasteiger partial charge in [-0.2, -0.15) is 0 Å². The van der Waals surface area contributed by atoms with E-state index in [0.29, 0.717) is 0 Å². The van der Waals surface area contributed by atoms with Gasteiger partial charge in [-0.05, 0) is 83.4 Å². The number of rotatable bonds is 2. The number of benzene rings is 1. The molecule has 0 aliphatic heterocycles. The monoisotopic (exact) mass is 330 g/mol. The molecule has 0 saturated carbocycles.